The van der Waals surface area contributed by atoms with E-state index in [0.29, 0.717) is 17.0 Å². The lowest BCUT2D eigenvalue weighted by Gasteiger charge is -2.10. The zero-order valence-electron chi connectivity index (χ0n) is 13.1. The summed E-state index contributed by atoms with van der Waals surface area (Å²) >= 11 is 0. The van der Waals surface area contributed by atoms with E-state index in [4.69, 9.17) is 9.26 Å². The van der Waals surface area contributed by atoms with Crippen LogP contribution in [0.1, 0.15) is 45.8 Å². The fourth-order valence-corrected chi connectivity index (χ4v) is 2.23. The van der Waals surface area contributed by atoms with Gasteiger partial charge in [0.2, 0.25) is 0 Å². The van der Waals surface area contributed by atoms with Gasteiger partial charge < -0.3 is 14.6 Å². The third-order valence-corrected chi connectivity index (χ3v) is 3.83. The van der Waals surface area contributed by atoms with Crippen molar-refractivity contribution < 1.29 is 14.1 Å². The third-order valence-electron chi connectivity index (χ3n) is 3.83. The predicted molar refractivity (Wildman–Crippen MR) is 82.0 cm³/mol. The summed E-state index contributed by atoms with van der Waals surface area (Å²) in [5.74, 6) is 1.25. The van der Waals surface area contributed by atoms with Crippen LogP contribution in [-0.4, -0.2) is 17.1 Å². The van der Waals surface area contributed by atoms with Crippen LogP contribution < -0.4 is 10.1 Å². The molecule has 1 aliphatic rings. The van der Waals surface area contributed by atoms with E-state index in [1.165, 1.54) is 0 Å². The molecule has 3 rings (SSSR count). The molecule has 1 N–H and O–H groups in total. The summed E-state index contributed by atoms with van der Waals surface area (Å²) in [5.41, 5.74) is 3.23. The molecule has 5 heteroatoms. The highest BCUT2D eigenvalue weighted by molar-refractivity contribution is 5.94. The topological polar surface area (TPSA) is 64.4 Å². The minimum atomic E-state index is -0.182. The van der Waals surface area contributed by atoms with Gasteiger partial charge in [-0.05, 0) is 50.8 Å². The molecule has 1 heterocycles. The Morgan fingerprint density at radius 3 is 2.86 bits per heavy atom. The van der Waals surface area contributed by atoms with E-state index in [1.54, 1.807) is 6.92 Å². The maximum absolute atomic E-state index is 12.2. The highest BCUT2D eigenvalue weighted by Crippen LogP contribution is 2.24. The number of rotatable bonds is 5. The van der Waals surface area contributed by atoms with Crippen LogP contribution in [0.15, 0.2) is 22.7 Å². The highest BCUT2D eigenvalue weighted by Gasteiger charge is 2.27. The second kappa shape index (κ2) is 5.83. The van der Waals surface area contributed by atoms with Gasteiger partial charge in [0.05, 0.1) is 5.56 Å². The van der Waals surface area contributed by atoms with Crippen molar-refractivity contribution in [2.24, 2.45) is 0 Å². The molecule has 1 amide bonds. The molecule has 1 aromatic carbocycles. The van der Waals surface area contributed by atoms with E-state index in [9.17, 15) is 4.79 Å². The van der Waals surface area contributed by atoms with E-state index in [-0.39, 0.29) is 18.6 Å². The van der Waals surface area contributed by atoms with E-state index < -0.39 is 0 Å². The van der Waals surface area contributed by atoms with Crippen molar-refractivity contribution >= 4 is 5.91 Å². The first-order valence-corrected chi connectivity index (χ1v) is 7.50. The number of benzene rings is 1. The Bertz CT molecular complexity index is 702. The minimum absolute atomic E-state index is 0.182. The number of amides is 1. The van der Waals surface area contributed by atoms with Crippen LogP contribution in [0.4, 0.5) is 0 Å². The first kappa shape index (κ1) is 14.6. The fraction of sp³-hybridized carbons (Fsp3) is 0.412. The summed E-state index contributed by atoms with van der Waals surface area (Å²) in [7, 11) is 0. The van der Waals surface area contributed by atoms with Gasteiger partial charge in [-0.3, -0.25) is 4.79 Å². The zero-order chi connectivity index (χ0) is 15.7. The SMILES string of the molecule is Cc1ccc(C)c(OCc2c(C(=O)NC3CC3)noc2C)c1. The lowest BCUT2D eigenvalue weighted by molar-refractivity contribution is 0.0940. The van der Waals surface area contributed by atoms with Crippen molar-refractivity contribution in [2.75, 3.05) is 0 Å². The average molecular weight is 300 g/mol. The molecule has 22 heavy (non-hydrogen) atoms. The quantitative estimate of drug-likeness (QED) is 0.921. The molecule has 0 saturated heterocycles. The van der Waals surface area contributed by atoms with Gasteiger partial charge in [0.25, 0.3) is 5.91 Å². The summed E-state index contributed by atoms with van der Waals surface area (Å²) in [6.07, 6.45) is 2.08. The second-order valence-electron chi connectivity index (χ2n) is 5.87. The molecular weight excluding hydrogens is 280 g/mol. The van der Waals surface area contributed by atoms with Gasteiger partial charge in [0.15, 0.2) is 5.69 Å². The molecule has 0 aliphatic heterocycles. The van der Waals surface area contributed by atoms with Gasteiger partial charge in [-0.25, -0.2) is 0 Å². The second-order valence-corrected chi connectivity index (χ2v) is 5.87. The monoisotopic (exact) mass is 300 g/mol. The molecular formula is C17H20N2O3. The van der Waals surface area contributed by atoms with Gasteiger partial charge in [-0.15, -0.1) is 0 Å². The largest absolute Gasteiger partial charge is 0.488 e. The molecule has 116 valence electrons. The summed E-state index contributed by atoms with van der Waals surface area (Å²) < 4.78 is 11.0. The summed E-state index contributed by atoms with van der Waals surface area (Å²) in [6, 6.07) is 6.34. The van der Waals surface area contributed by atoms with Gasteiger partial charge >= 0.3 is 0 Å². The molecule has 1 saturated carbocycles. The van der Waals surface area contributed by atoms with Crippen molar-refractivity contribution in [1.29, 1.82) is 0 Å². The molecule has 1 aromatic heterocycles. The van der Waals surface area contributed by atoms with Crippen LogP contribution in [0.2, 0.25) is 0 Å². The number of ether oxygens (including phenoxy) is 1. The predicted octanol–water partition coefficient (Wildman–Crippen LogP) is 3.07. The van der Waals surface area contributed by atoms with Crippen LogP contribution in [0.5, 0.6) is 5.75 Å². The normalized spacial score (nSPS) is 14.0. The fourth-order valence-electron chi connectivity index (χ4n) is 2.23. The number of aryl methyl sites for hydroxylation is 3. The molecule has 0 spiro atoms. The number of hydrogen-bond acceptors (Lipinski definition) is 4. The van der Waals surface area contributed by atoms with Gasteiger partial charge in [-0.2, -0.15) is 0 Å². The molecule has 0 radical (unpaired) electrons. The van der Waals surface area contributed by atoms with Crippen LogP contribution >= 0.6 is 0 Å². The van der Waals surface area contributed by atoms with Crippen LogP contribution in [0.3, 0.4) is 0 Å². The van der Waals surface area contributed by atoms with Crippen molar-refractivity contribution in [3.8, 4) is 5.75 Å². The molecule has 0 bridgehead atoms. The van der Waals surface area contributed by atoms with Crippen LogP contribution in [0, 0.1) is 20.8 Å². The van der Waals surface area contributed by atoms with E-state index in [1.807, 2.05) is 32.0 Å². The zero-order valence-corrected chi connectivity index (χ0v) is 13.1. The smallest absolute Gasteiger partial charge is 0.274 e. The average Bonchev–Trinajstić information content (AvgIpc) is 3.21. The lowest BCUT2D eigenvalue weighted by atomic mass is 10.1. The Morgan fingerprint density at radius 2 is 2.14 bits per heavy atom. The Morgan fingerprint density at radius 1 is 1.36 bits per heavy atom. The summed E-state index contributed by atoms with van der Waals surface area (Å²) in [6.45, 7) is 6.08. The number of carbonyl (C=O) groups excluding carboxylic acids is 1. The van der Waals surface area contributed by atoms with Crippen molar-refractivity contribution in [3.05, 3.63) is 46.3 Å². The van der Waals surface area contributed by atoms with Gasteiger partial charge in [0.1, 0.15) is 18.1 Å². The standard InChI is InChI=1S/C17H20N2O3/c1-10-4-5-11(2)15(8-10)21-9-14-12(3)22-19-16(14)17(20)18-13-6-7-13/h4-5,8,13H,6-7,9H2,1-3H3,(H,18,20). The number of hydrogen-bond donors (Lipinski definition) is 1. The Kier molecular flexibility index (Phi) is 3.88. The minimum Gasteiger partial charge on any atom is -0.488 e. The molecule has 0 atom stereocenters. The summed E-state index contributed by atoms with van der Waals surface area (Å²) in [4.78, 5) is 12.2. The van der Waals surface area contributed by atoms with Crippen molar-refractivity contribution in [2.45, 2.75) is 46.3 Å². The Hall–Kier alpha value is -2.30. The van der Waals surface area contributed by atoms with Crippen LogP contribution in [-0.2, 0) is 6.61 Å². The summed E-state index contributed by atoms with van der Waals surface area (Å²) in [5, 5.41) is 6.81. The highest BCUT2D eigenvalue weighted by atomic mass is 16.5. The van der Waals surface area contributed by atoms with E-state index in [0.717, 1.165) is 29.7 Å². The van der Waals surface area contributed by atoms with Gasteiger partial charge in [-0.1, -0.05) is 17.3 Å². The van der Waals surface area contributed by atoms with E-state index in [2.05, 4.69) is 10.5 Å². The maximum Gasteiger partial charge on any atom is 0.274 e. The third kappa shape index (κ3) is 3.13. The van der Waals surface area contributed by atoms with Crippen LogP contribution in [0.25, 0.3) is 0 Å². The number of aromatic nitrogens is 1. The molecule has 2 aromatic rings. The Labute approximate surface area is 129 Å². The maximum atomic E-state index is 12.2. The molecule has 5 nitrogen and oxygen atoms in total. The van der Waals surface area contributed by atoms with E-state index >= 15 is 0 Å². The molecule has 0 unspecified atom stereocenters. The molecule has 1 fully saturated rings. The number of nitrogens with zero attached hydrogens (tertiary/aromatic N) is 1. The van der Waals surface area contributed by atoms with Crippen molar-refractivity contribution in [1.82, 2.24) is 10.5 Å². The first-order chi connectivity index (χ1) is 10.5. The van der Waals surface area contributed by atoms with Crippen molar-refractivity contribution in [3.63, 3.8) is 0 Å². The number of carbonyl (C=O) groups is 1. The Balaban J connectivity index is 1.75. The number of nitrogens with one attached hydrogen (secondary N) is 1. The van der Waals surface area contributed by atoms with Gasteiger partial charge in [0, 0.05) is 6.04 Å². The lowest BCUT2D eigenvalue weighted by Crippen LogP contribution is -2.26. The first-order valence-electron chi connectivity index (χ1n) is 7.50. The molecule has 1 aliphatic carbocycles.